The number of rotatable bonds is 5. The lowest BCUT2D eigenvalue weighted by Crippen LogP contribution is -2.25. The molecule has 0 aliphatic carbocycles. The van der Waals surface area contributed by atoms with Crippen LogP contribution in [-0.4, -0.2) is 44.9 Å². The highest BCUT2D eigenvalue weighted by molar-refractivity contribution is 7.91. The fourth-order valence-corrected chi connectivity index (χ4v) is 6.30. The number of ether oxygens (including phenoxy) is 1. The van der Waals surface area contributed by atoms with Gasteiger partial charge in [0, 0.05) is 35.1 Å². The number of aromatic amines is 1. The van der Waals surface area contributed by atoms with E-state index in [1.54, 1.807) is 18.6 Å². The Morgan fingerprint density at radius 2 is 1.88 bits per heavy atom. The molecule has 1 fully saturated rings. The number of nitrogens with one attached hydrogen (secondary N) is 1. The van der Waals surface area contributed by atoms with Crippen molar-refractivity contribution in [1.29, 1.82) is 0 Å². The fraction of sp³-hybridized carbons (Fsp3) is 0.318. The summed E-state index contributed by atoms with van der Waals surface area (Å²) in [4.78, 5) is 3.99. The van der Waals surface area contributed by atoms with Crippen molar-refractivity contribution in [1.82, 2.24) is 25.0 Å². The highest BCUT2D eigenvalue weighted by Gasteiger charge is 2.25. The van der Waals surface area contributed by atoms with Crippen LogP contribution >= 0.6 is 23.2 Å². The van der Waals surface area contributed by atoms with E-state index >= 15 is 0 Å². The van der Waals surface area contributed by atoms with Crippen LogP contribution in [0, 0.1) is 0 Å². The molecule has 0 unspecified atom stereocenters. The first-order valence-electron chi connectivity index (χ1n) is 10.5. The Kier molecular flexibility index (Phi) is 5.80. The summed E-state index contributed by atoms with van der Waals surface area (Å²) in [5.74, 6) is 1.04. The number of sulfone groups is 1. The number of H-pyrrole nitrogens is 1. The minimum atomic E-state index is -2.92. The number of aromatic nitrogens is 5. The standard InChI is InChI=1S/C22H21Cl2N5O3S/c1-13(21-18(23)10-25-11-19(21)24)32-16-2-3-20-17(8-16)22(28-27-20)14-9-26-29(12-14)15-4-6-33(30,31)7-5-15/h2-3,8-13,15H,4-7H2,1H3,(H,27,28)/t13-/m1/s1. The normalized spacial score (nSPS) is 17.3. The molecule has 0 amide bonds. The summed E-state index contributed by atoms with van der Waals surface area (Å²) in [6.45, 7) is 1.88. The molecule has 1 aliphatic heterocycles. The van der Waals surface area contributed by atoms with Gasteiger partial charge in [0.2, 0.25) is 0 Å². The average Bonchev–Trinajstić information content (AvgIpc) is 3.40. The van der Waals surface area contributed by atoms with Crippen molar-refractivity contribution in [3.05, 3.63) is 58.6 Å². The molecular weight excluding hydrogens is 485 g/mol. The van der Waals surface area contributed by atoms with Crippen LogP contribution in [0.4, 0.5) is 0 Å². The minimum Gasteiger partial charge on any atom is -0.486 e. The number of hydrogen-bond acceptors (Lipinski definition) is 6. The summed E-state index contributed by atoms with van der Waals surface area (Å²) >= 11 is 12.5. The van der Waals surface area contributed by atoms with E-state index in [-0.39, 0.29) is 23.7 Å². The zero-order valence-corrected chi connectivity index (χ0v) is 20.0. The van der Waals surface area contributed by atoms with Crippen molar-refractivity contribution in [3.8, 4) is 17.0 Å². The molecule has 1 aromatic carbocycles. The highest BCUT2D eigenvalue weighted by Crippen LogP contribution is 2.35. The molecule has 1 saturated heterocycles. The number of pyridine rings is 1. The topological polar surface area (TPSA) is 103 Å². The smallest absolute Gasteiger partial charge is 0.150 e. The first kappa shape index (κ1) is 22.2. The van der Waals surface area contributed by atoms with Crippen LogP contribution < -0.4 is 4.74 Å². The van der Waals surface area contributed by atoms with E-state index in [9.17, 15) is 8.42 Å². The Bertz CT molecular complexity index is 1400. The lowest BCUT2D eigenvalue weighted by atomic mass is 10.1. The first-order chi connectivity index (χ1) is 15.8. The van der Waals surface area contributed by atoms with E-state index in [1.807, 2.05) is 36.0 Å². The molecule has 0 radical (unpaired) electrons. The average molecular weight is 506 g/mol. The van der Waals surface area contributed by atoms with Crippen LogP contribution in [0.5, 0.6) is 5.75 Å². The Morgan fingerprint density at radius 1 is 1.15 bits per heavy atom. The van der Waals surface area contributed by atoms with Gasteiger partial charge in [-0.05, 0) is 38.0 Å². The van der Waals surface area contributed by atoms with Crippen molar-refractivity contribution in [2.24, 2.45) is 0 Å². The fourth-order valence-electron chi connectivity index (χ4n) is 4.16. The van der Waals surface area contributed by atoms with Crippen molar-refractivity contribution in [2.75, 3.05) is 11.5 Å². The summed E-state index contributed by atoms with van der Waals surface area (Å²) < 4.78 is 31.4. The van der Waals surface area contributed by atoms with Crippen LogP contribution in [0.3, 0.4) is 0 Å². The summed E-state index contributed by atoms with van der Waals surface area (Å²) in [6, 6.07) is 5.75. The van der Waals surface area contributed by atoms with E-state index in [0.29, 0.717) is 34.2 Å². The zero-order valence-electron chi connectivity index (χ0n) is 17.7. The third-order valence-electron chi connectivity index (χ3n) is 5.92. The largest absolute Gasteiger partial charge is 0.486 e. The van der Waals surface area contributed by atoms with Crippen LogP contribution in [0.25, 0.3) is 22.2 Å². The van der Waals surface area contributed by atoms with Gasteiger partial charge in [0.25, 0.3) is 0 Å². The molecular formula is C22H21Cl2N5O3S. The number of nitrogens with zero attached hydrogens (tertiary/aromatic N) is 4. The van der Waals surface area contributed by atoms with E-state index < -0.39 is 9.84 Å². The summed E-state index contributed by atoms with van der Waals surface area (Å²) in [5.41, 5.74) is 3.14. The van der Waals surface area contributed by atoms with Gasteiger partial charge in [0.05, 0.1) is 39.3 Å². The predicted molar refractivity (Wildman–Crippen MR) is 128 cm³/mol. The van der Waals surface area contributed by atoms with Crippen molar-refractivity contribution < 1.29 is 13.2 Å². The van der Waals surface area contributed by atoms with Gasteiger partial charge in [-0.1, -0.05) is 23.2 Å². The molecule has 3 aromatic heterocycles. The maximum absolute atomic E-state index is 11.7. The van der Waals surface area contributed by atoms with Crippen molar-refractivity contribution >= 4 is 43.9 Å². The molecule has 11 heteroatoms. The van der Waals surface area contributed by atoms with Crippen molar-refractivity contribution in [3.63, 3.8) is 0 Å². The van der Waals surface area contributed by atoms with E-state index in [4.69, 9.17) is 27.9 Å². The third-order valence-corrected chi connectivity index (χ3v) is 8.24. The Hall–Kier alpha value is -2.62. The second-order valence-corrected chi connectivity index (χ2v) is 11.3. The maximum Gasteiger partial charge on any atom is 0.150 e. The SMILES string of the molecule is C[C@@H](Oc1ccc2[nH]nc(-c3cnn(C4CCS(=O)(=O)CC4)c3)c2c1)c1c(Cl)cncc1Cl. The van der Waals surface area contributed by atoms with E-state index in [0.717, 1.165) is 22.2 Å². The van der Waals surface area contributed by atoms with E-state index in [2.05, 4.69) is 20.3 Å². The summed E-state index contributed by atoms with van der Waals surface area (Å²) in [6.07, 6.45) is 7.52. The monoisotopic (exact) mass is 505 g/mol. The van der Waals surface area contributed by atoms with Crippen LogP contribution in [0.2, 0.25) is 10.0 Å². The minimum absolute atomic E-state index is 0.0714. The van der Waals surface area contributed by atoms with Crippen molar-refractivity contribution in [2.45, 2.75) is 31.9 Å². The molecule has 1 aliphatic rings. The van der Waals surface area contributed by atoms with Gasteiger partial charge in [-0.2, -0.15) is 10.2 Å². The lowest BCUT2D eigenvalue weighted by Gasteiger charge is -2.22. The molecule has 33 heavy (non-hydrogen) atoms. The summed E-state index contributed by atoms with van der Waals surface area (Å²) in [5, 5.41) is 13.8. The van der Waals surface area contributed by atoms with Gasteiger partial charge >= 0.3 is 0 Å². The second kappa shape index (κ2) is 8.62. The molecule has 8 nitrogen and oxygen atoms in total. The molecule has 4 heterocycles. The first-order valence-corrected chi connectivity index (χ1v) is 13.1. The third kappa shape index (κ3) is 4.45. The number of benzene rings is 1. The molecule has 0 saturated carbocycles. The second-order valence-electron chi connectivity index (χ2n) is 8.15. The van der Waals surface area contributed by atoms with Gasteiger partial charge in [0.15, 0.2) is 0 Å². The number of fused-ring (bicyclic) bond motifs is 1. The highest BCUT2D eigenvalue weighted by atomic mass is 35.5. The molecule has 0 spiro atoms. The van der Waals surface area contributed by atoms with Crippen LogP contribution in [-0.2, 0) is 9.84 Å². The van der Waals surface area contributed by atoms with Gasteiger partial charge in [0.1, 0.15) is 27.4 Å². The summed E-state index contributed by atoms with van der Waals surface area (Å²) in [7, 11) is -2.92. The van der Waals surface area contributed by atoms with Gasteiger partial charge in [-0.3, -0.25) is 14.8 Å². The molecule has 5 rings (SSSR count). The number of hydrogen-bond donors (Lipinski definition) is 1. The van der Waals surface area contributed by atoms with Gasteiger partial charge in [-0.25, -0.2) is 8.42 Å². The van der Waals surface area contributed by atoms with Crippen LogP contribution in [0.1, 0.15) is 37.5 Å². The molecule has 0 bridgehead atoms. The molecule has 1 N–H and O–H groups in total. The molecule has 172 valence electrons. The number of halogens is 2. The van der Waals surface area contributed by atoms with Gasteiger partial charge < -0.3 is 4.74 Å². The Balaban J connectivity index is 1.41. The predicted octanol–water partition coefficient (Wildman–Crippen LogP) is 5.02. The zero-order chi connectivity index (χ0) is 23.2. The Morgan fingerprint density at radius 3 is 2.61 bits per heavy atom. The quantitative estimate of drug-likeness (QED) is 0.408. The lowest BCUT2D eigenvalue weighted by molar-refractivity contribution is 0.227. The van der Waals surface area contributed by atoms with Crippen LogP contribution in [0.15, 0.2) is 43.0 Å². The molecule has 1 atom stereocenters. The Labute approximate surface area is 200 Å². The van der Waals surface area contributed by atoms with E-state index in [1.165, 1.54) is 0 Å². The maximum atomic E-state index is 11.7. The van der Waals surface area contributed by atoms with Gasteiger partial charge in [-0.15, -0.1) is 0 Å². The molecule has 4 aromatic rings.